The normalized spacial score (nSPS) is 31.7. The van der Waals surface area contributed by atoms with Crippen molar-refractivity contribution in [1.29, 1.82) is 0 Å². The highest BCUT2D eigenvalue weighted by molar-refractivity contribution is 5.41. The Balaban J connectivity index is 1.64. The maximum absolute atomic E-state index is 2.49. The molecule has 1 aromatic rings. The average molecular weight is 312 g/mol. The van der Waals surface area contributed by atoms with Gasteiger partial charge in [0, 0.05) is 6.04 Å². The van der Waals surface area contributed by atoms with E-state index in [1.807, 2.05) is 0 Å². The van der Waals surface area contributed by atoms with E-state index in [0.717, 1.165) is 23.8 Å². The van der Waals surface area contributed by atoms with Crippen LogP contribution in [0.5, 0.6) is 0 Å². The minimum atomic E-state index is 0.745. The minimum Gasteiger partial charge on any atom is -0.306 e. The molecule has 0 N–H and O–H groups in total. The summed E-state index contributed by atoms with van der Waals surface area (Å²) < 4.78 is 0. The molecule has 3 aliphatic carbocycles. The molecule has 1 aromatic carbocycles. The van der Waals surface area contributed by atoms with E-state index in [9.17, 15) is 0 Å². The van der Waals surface area contributed by atoms with Crippen LogP contribution in [0.1, 0.15) is 74.0 Å². The highest BCUT2D eigenvalue weighted by Gasteiger charge is 2.37. The SMILES string of the molecule is CN(C)[C@@H]1CCc2cccc(C3CCCC3C3CCCC3)c2C1. The lowest BCUT2D eigenvalue weighted by atomic mass is 9.75. The molecule has 23 heavy (non-hydrogen) atoms. The fraction of sp³-hybridized carbons (Fsp3) is 0.727. The monoisotopic (exact) mass is 311 g/mol. The molecule has 0 bridgehead atoms. The summed E-state index contributed by atoms with van der Waals surface area (Å²) in [5.41, 5.74) is 5.16. The molecule has 4 rings (SSSR count). The van der Waals surface area contributed by atoms with Gasteiger partial charge in [-0.1, -0.05) is 50.3 Å². The average Bonchev–Trinajstić information content (AvgIpc) is 3.24. The summed E-state index contributed by atoms with van der Waals surface area (Å²) >= 11 is 0. The van der Waals surface area contributed by atoms with E-state index in [2.05, 4.69) is 37.2 Å². The van der Waals surface area contributed by atoms with Crippen LogP contribution in [0.4, 0.5) is 0 Å². The van der Waals surface area contributed by atoms with Crippen molar-refractivity contribution >= 4 is 0 Å². The van der Waals surface area contributed by atoms with Gasteiger partial charge in [-0.05, 0) is 80.6 Å². The van der Waals surface area contributed by atoms with Crippen LogP contribution < -0.4 is 0 Å². The molecule has 0 aliphatic heterocycles. The fourth-order valence-electron chi connectivity index (χ4n) is 5.91. The van der Waals surface area contributed by atoms with Crippen molar-refractivity contribution in [1.82, 2.24) is 4.90 Å². The number of aryl methyl sites for hydroxylation is 1. The molecule has 0 aromatic heterocycles. The standard InChI is InChI=1S/C22H33N/c1-23(2)18-14-13-17-9-5-11-21(22(17)15-18)20-12-6-10-19(20)16-7-3-4-8-16/h5,9,11,16,18-20H,3-4,6-8,10,12-15H2,1-2H3/t18-,19?,20?/m1/s1. The third-order valence-electron chi connectivity index (χ3n) is 7.20. The van der Waals surface area contributed by atoms with Gasteiger partial charge in [-0.2, -0.15) is 0 Å². The number of rotatable bonds is 3. The molecule has 3 aliphatic rings. The zero-order chi connectivity index (χ0) is 15.8. The molecule has 0 saturated heterocycles. The number of fused-ring (bicyclic) bond motifs is 1. The maximum Gasteiger partial charge on any atom is 0.0133 e. The Morgan fingerprint density at radius 3 is 2.52 bits per heavy atom. The first-order valence-electron chi connectivity index (χ1n) is 10.0. The van der Waals surface area contributed by atoms with Crippen LogP contribution in [0.3, 0.4) is 0 Å². The van der Waals surface area contributed by atoms with E-state index in [1.165, 1.54) is 64.2 Å². The third-order valence-corrected chi connectivity index (χ3v) is 7.20. The van der Waals surface area contributed by atoms with Gasteiger partial charge in [-0.25, -0.2) is 0 Å². The summed E-state index contributed by atoms with van der Waals surface area (Å²) in [5.74, 6) is 2.89. The molecule has 2 unspecified atom stereocenters. The van der Waals surface area contributed by atoms with Gasteiger partial charge >= 0.3 is 0 Å². The zero-order valence-electron chi connectivity index (χ0n) is 15.1. The Bertz CT molecular complexity index is 541. The number of likely N-dealkylation sites (N-methyl/N-ethyl adjacent to an activating group) is 1. The van der Waals surface area contributed by atoms with Gasteiger partial charge < -0.3 is 4.90 Å². The van der Waals surface area contributed by atoms with E-state index in [0.29, 0.717) is 0 Å². The highest BCUT2D eigenvalue weighted by Crippen LogP contribution is 2.49. The van der Waals surface area contributed by atoms with Gasteiger partial charge in [0.05, 0.1) is 0 Å². The second kappa shape index (κ2) is 6.59. The summed E-state index contributed by atoms with van der Waals surface area (Å²) in [5, 5.41) is 0. The van der Waals surface area contributed by atoms with Crippen LogP contribution >= 0.6 is 0 Å². The molecule has 3 atom stereocenters. The largest absolute Gasteiger partial charge is 0.306 e. The Morgan fingerprint density at radius 2 is 1.74 bits per heavy atom. The van der Waals surface area contributed by atoms with Crippen molar-refractivity contribution in [3.05, 3.63) is 34.9 Å². The molecule has 0 amide bonds. The van der Waals surface area contributed by atoms with Crippen LogP contribution in [-0.4, -0.2) is 25.0 Å². The Hall–Kier alpha value is -0.820. The second-order valence-corrected chi connectivity index (χ2v) is 8.59. The summed E-state index contributed by atoms with van der Waals surface area (Å²) in [6, 6.07) is 8.00. The lowest BCUT2D eigenvalue weighted by Crippen LogP contribution is -2.34. The minimum absolute atomic E-state index is 0.745. The Kier molecular flexibility index (Phi) is 4.50. The Labute approximate surface area is 142 Å². The van der Waals surface area contributed by atoms with Gasteiger partial charge in [0.2, 0.25) is 0 Å². The first kappa shape index (κ1) is 15.7. The van der Waals surface area contributed by atoms with Crippen molar-refractivity contribution in [2.45, 2.75) is 76.2 Å². The van der Waals surface area contributed by atoms with E-state index in [-0.39, 0.29) is 0 Å². The first-order chi connectivity index (χ1) is 11.2. The molecule has 1 heteroatoms. The fourth-order valence-corrected chi connectivity index (χ4v) is 5.91. The van der Waals surface area contributed by atoms with Crippen LogP contribution in [0.25, 0.3) is 0 Å². The van der Waals surface area contributed by atoms with Crippen LogP contribution in [0.15, 0.2) is 18.2 Å². The van der Waals surface area contributed by atoms with Crippen molar-refractivity contribution in [3.63, 3.8) is 0 Å². The summed E-state index contributed by atoms with van der Waals surface area (Å²) in [6.45, 7) is 0. The van der Waals surface area contributed by atoms with Crippen molar-refractivity contribution in [2.24, 2.45) is 11.8 Å². The van der Waals surface area contributed by atoms with E-state index >= 15 is 0 Å². The zero-order valence-corrected chi connectivity index (χ0v) is 15.1. The lowest BCUT2D eigenvalue weighted by Gasteiger charge is -2.34. The van der Waals surface area contributed by atoms with Crippen molar-refractivity contribution < 1.29 is 0 Å². The topological polar surface area (TPSA) is 3.24 Å². The smallest absolute Gasteiger partial charge is 0.0133 e. The Morgan fingerprint density at radius 1 is 0.913 bits per heavy atom. The molecule has 0 radical (unpaired) electrons. The molecular weight excluding hydrogens is 278 g/mol. The molecule has 0 spiro atoms. The number of benzene rings is 1. The molecule has 2 fully saturated rings. The second-order valence-electron chi connectivity index (χ2n) is 8.59. The maximum atomic E-state index is 2.49. The molecule has 0 heterocycles. The predicted octanol–water partition coefficient (Wildman–Crippen LogP) is 5.18. The van der Waals surface area contributed by atoms with Crippen molar-refractivity contribution in [3.8, 4) is 0 Å². The third kappa shape index (κ3) is 2.97. The summed E-state index contributed by atoms with van der Waals surface area (Å²) in [7, 11) is 4.52. The molecule has 2 saturated carbocycles. The lowest BCUT2D eigenvalue weighted by molar-refractivity contribution is 0.265. The quantitative estimate of drug-likeness (QED) is 0.743. The van der Waals surface area contributed by atoms with Gasteiger partial charge in [0.15, 0.2) is 0 Å². The predicted molar refractivity (Wildman–Crippen MR) is 98.0 cm³/mol. The van der Waals surface area contributed by atoms with Crippen LogP contribution in [0, 0.1) is 11.8 Å². The van der Waals surface area contributed by atoms with Crippen LogP contribution in [0.2, 0.25) is 0 Å². The number of hydrogen-bond donors (Lipinski definition) is 0. The number of hydrogen-bond acceptors (Lipinski definition) is 1. The summed E-state index contributed by atoms with van der Waals surface area (Å²) in [6.07, 6.45) is 14.3. The van der Waals surface area contributed by atoms with Gasteiger partial charge in [0.1, 0.15) is 0 Å². The van der Waals surface area contributed by atoms with E-state index in [1.54, 1.807) is 16.7 Å². The van der Waals surface area contributed by atoms with E-state index in [4.69, 9.17) is 0 Å². The number of nitrogens with zero attached hydrogens (tertiary/aromatic N) is 1. The molecular formula is C22H33N. The molecule has 126 valence electrons. The summed E-state index contributed by atoms with van der Waals surface area (Å²) in [4.78, 5) is 2.45. The van der Waals surface area contributed by atoms with Gasteiger partial charge in [0.25, 0.3) is 0 Å². The van der Waals surface area contributed by atoms with Crippen molar-refractivity contribution in [2.75, 3.05) is 14.1 Å². The highest BCUT2D eigenvalue weighted by atomic mass is 15.1. The van der Waals surface area contributed by atoms with Crippen LogP contribution in [-0.2, 0) is 12.8 Å². The van der Waals surface area contributed by atoms with Gasteiger partial charge in [-0.15, -0.1) is 0 Å². The van der Waals surface area contributed by atoms with E-state index < -0.39 is 0 Å². The van der Waals surface area contributed by atoms with Gasteiger partial charge in [-0.3, -0.25) is 0 Å². The molecule has 1 nitrogen and oxygen atoms in total. The first-order valence-corrected chi connectivity index (χ1v) is 10.0.